The fourth-order valence-electron chi connectivity index (χ4n) is 3.39. The molecule has 2 heteroatoms. The van der Waals surface area contributed by atoms with Crippen LogP contribution in [0, 0.1) is 17.3 Å². The minimum absolute atomic E-state index is 0.00201. The zero-order valence-corrected chi connectivity index (χ0v) is 10.7. The van der Waals surface area contributed by atoms with Gasteiger partial charge in [-0.3, -0.25) is 0 Å². The summed E-state index contributed by atoms with van der Waals surface area (Å²) in [6, 6.07) is 0. The summed E-state index contributed by atoms with van der Waals surface area (Å²) >= 11 is 0. The number of rotatable bonds is 3. The van der Waals surface area contributed by atoms with Gasteiger partial charge < -0.3 is 9.69 Å². The van der Waals surface area contributed by atoms with Crippen LogP contribution in [0.25, 0.3) is 0 Å². The van der Waals surface area contributed by atoms with Crippen molar-refractivity contribution < 1.29 is 4.79 Å². The van der Waals surface area contributed by atoms with E-state index in [1.165, 1.54) is 38.6 Å². The van der Waals surface area contributed by atoms with Gasteiger partial charge in [0.15, 0.2) is 0 Å². The van der Waals surface area contributed by atoms with Crippen LogP contribution in [-0.2, 0) is 4.79 Å². The lowest BCUT2D eigenvalue weighted by Crippen LogP contribution is -2.39. The maximum atomic E-state index is 11.4. The fourth-order valence-corrected chi connectivity index (χ4v) is 3.39. The van der Waals surface area contributed by atoms with Crippen LogP contribution in [0.5, 0.6) is 0 Å². The van der Waals surface area contributed by atoms with Crippen molar-refractivity contribution in [3.8, 4) is 0 Å². The van der Waals surface area contributed by atoms with E-state index in [9.17, 15) is 4.79 Å². The molecule has 0 aromatic rings. The second-order valence-electron chi connectivity index (χ2n) is 6.19. The third-order valence-electron chi connectivity index (χ3n) is 4.70. The Morgan fingerprint density at radius 2 is 1.69 bits per heavy atom. The van der Waals surface area contributed by atoms with Crippen LogP contribution in [-0.4, -0.2) is 30.8 Å². The minimum atomic E-state index is 0.00201. The highest BCUT2D eigenvalue weighted by molar-refractivity contribution is 5.60. The molecule has 2 rings (SSSR count). The van der Waals surface area contributed by atoms with E-state index in [1.807, 2.05) is 0 Å². The highest BCUT2D eigenvalue weighted by Gasteiger charge is 2.36. The maximum absolute atomic E-state index is 11.4. The lowest BCUT2D eigenvalue weighted by atomic mass is 9.75. The summed E-state index contributed by atoms with van der Waals surface area (Å²) in [6.45, 7) is 8.07. The first-order valence-corrected chi connectivity index (χ1v) is 6.84. The fraction of sp³-hybridized carbons (Fsp3) is 0.929. The Morgan fingerprint density at radius 1 is 1.12 bits per heavy atom. The predicted octanol–water partition coefficient (Wildman–Crippen LogP) is 2.72. The lowest BCUT2D eigenvalue weighted by Gasteiger charge is -2.35. The van der Waals surface area contributed by atoms with Gasteiger partial charge in [-0.2, -0.15) is 0 Å². The Bertz CT molecular complexity index is 235. The first-order valence-electron chi connectivity index (χ1n) is 6.84. The van der Waals surface area contributed by atoms with Crippen LogP contribution in [0.4, 0.5) is 0 Å². The van der Waals surface area contributed by atoms with E-state index in [0.717, 1.165) is 31.2 Å². The van der Waals surface area contributed by atoms with Crippen molar-refractivity contribution in [3.63, 3.8) is 0 Å². The molecule has 16 heavy (non-hydrogen) atoms. The zero-order chi connectivity index (χ0) is 11.6. The molecule has 92 valence electrons. The Morgan fingerprint density at radius 3 is 2.19 bits per heavy atom. The lowest BCUT2D eigenvalue weighted by molar-refractivity contribution is -0.119. The SMILES string of the molecule is CC1CN(CC2(C=O)CCCCC2)CC1C. The number of nitrogens with zero attached hydrogens (tertiary/aromatic N) is 1. The smallest absolute Gasteiger partial charge is 0.127 e. The van der Waals surface area contributed by atoms with Gasteiger partial charge in [-0.15, -0.1) is 0 Å². The molecule has 1 saturated heterocycles. The summed E-state index contributed by atoms with van der Waals surface area (Å²) in [4.78, 5) is 13.9. The van der Waals surface area contributed by atoms with Gasteiger partial charge in [-0.25, -0.2) is 0 Å². The summed E-state index contributed by atoms with van der Waals surface area (Å²) in [5.74, 6) is 1.60. The monoisotopic (exact) mass is 223 g/mol. The van der Waals surface area contributed by atoms with Crippen molar-refractivity contribution in [1.82, 2.24) is 4.90 Å². The van der Waals surface area contributed by atoms with Crippen LogP contribution >= 0.6 is 0 Å². The number of hydrogen-bond donors (Lipinski definition) is 0. The molecule has 0 bridgehead atoms. The van der Waals surface area contributed by atoms with Gasteiger partial charge in [-0.05, 0) is 24.7 Å². The molecule has 0 radical (unpaired) electrons. The molecule has 0 amide bonds. The Kier molecular flexibility index (Phi) is 3.68. The summed E-state index contributed by atoms with van der Waals surface area (Å²) in [6.07, 6.45) is 7.32. The molecule has 0 aromatic carbocycles. The maximum Gasteiger partial charge on any atom is 0.127 e. The first-order chi connectivity index (χ1) is 7.65. The van der Waals surface area contributed by atoms with E-state index in [2.05, 4.69) is 18.7 Å². The van der Waals surface area contributed by atoms with Gasteiger partial charge in [0, 0.05) is 25.0 Å². The van der Waals surface area contributed by atoms with Crippen molar-refractivity contribution in [2.45, 2.75) is 46.0 Å². The molecule has 1 heterocycles. The van der Waals surface area contributed by atoms with Crippen molar-refractivity contribution in [1.29, 1.82) is 0 Å². The Balaban J connectivity index is 1.94. The van der Waals surface area contributed by atoms with Gasteiger partial charge in [0.25, 0.3) is 0 Å². The average molecular weight is 223 g/mol. The molecule has 2 atom stereocenters. The average Bonchev–Trinajstić information content (AvgIpc) is 2.59. The highest BCUT2D eigenvalue weighted by Crippen LogP contribution is 2.36. The normalized spacial score (nSPS) is 35.1. The van der Waals surface area contributed by atoms with E-state index in [0.29, 0.717) is 0 Å². The molecule has 0 spiro atoms. The van der Waals surface area contributed by atoms with Crippen LogP contribution in [0.3, 0.4) is 0 Å². The van der Waals surface area contributed by atoms with Crippen molar-refractivity contribution in [2.24, 2.45) is 17.3 Å². The minimum Gasteiger partial charge on any atom is -0.303 e. The Hall–Kier alpha value is -0.370. The second kappa shape index (κ2) is 4.87. The molecule has 1 saturated carbocycles. The van der Waals surface area contributed by atoms with Crippen molar-refractivity contribution >= 4 is 6.29 Å². The van der Waals surface area contributed by atoms with Crippen LogP contribution in [0.15, 0.2) is 0 Å². The molecule has 2 nitrogen and oxygen atoms in total. The quantitative estimate of drug-likeness (QED) is 0.686. The van der Waals surface area contributed by atoms with Gasteiger partial charge in [0.2, 0.25) is 0 Å². The molecule has 1 aliphatic carbocycles. The number of carbonyl (C=O) groups excluding carboxylic acids is 1. The van der Waals surface area contributed by atoms with Crippen LogP contribution in [0.2, 0.25) is 0 Å². The first kappa shape index (κ1) is 12.1. The topological polar surface area (TPSA) is 20.3 Å². The van der Waals surface area contributed by atoms with E-state index in [1.54, 1.807) is 0 Å². The molecule has 2 fully saturated rings. The third-order valence-corrected chi connectivity index (χ3v) is 4.70. The van der Waals surface area contributed by atoms with E-state index < -0.39 is 0 Å². The summed E-state index contributed by atoms with van der Waals surface area (Å²) in [7, 11) is 0. The van der Waals surface area contributed by atoms with Crippen LogP contribution < -0.4 is 0 Å². The summed E-state index contributed by atoms with van der Waals surface area (Å²) in [5.41, 5.74) is 0.00201. The number of likely N-dealkylation sites (tertiary alicyclic amines) is 1. The molecule has 0 N–H and O–H groups in total. The van der Waals surface area contributed by atoms with Gasteiger partial charge in [0.05, 0.1) is 0 Å². The third kappa shape index (κ3) is 2.48. The number of hydrogen-bond acceptors (Lipinski definition) is 2. The van der Waals surface area contributed by atoms with Crippen LogP contribution in [0.1, 0.15) is 46.0 Å². The van der Waals surface area contributed by atoms with E-state index in [-0.39, 0.29) is 5.41 Å². The van der Waals surface area contributed by atoms with E-state index >= 15 is 0 Å². The highest BCUT2D eigenvalue weighted by atomic mass is 16.1. The summed E-state index contributed by atoms with van der Waals surface area (Å²) < 4.78 is 0. The van der Waals surface area contributed by atoms with Gasteiger partial charge in [0.1, 0.15) is 6.29 Å². The standard InChI is InChI=1S/C14H25NO/c1-12-8-15(9-13(12)2)10-14(11-16)6-4-3-5-7-14/h11-13H,3-10H2,1-2H3. The summed E-state index contributed by atoms with van der Waals surface area (Å²) in [5, 5.41) is 0. The second-order valence-corrected chi connectivity index (χ2v) is 6.19. The molecular formula is C14H25NO. The molecule has 2 aliphatic rings. The largest absolute Gasteiger partial charge is 0.303 e. The van der Waals surface area contributed by atoms with Gasteiger partial charge >= 0.3 is 0 Å². The van der Waals surface area contributed by atoms with E-state index in [4.69, 9.17) is 0 Å². The number of aldehydes is 1. The Labute approximate surface area is 99.4 Å². The predicted molar refractivity (Wildman–Crippen MR) is 66.4 cm³/mol. The van der Waals surface area contributed by atoms with Gasteiger partial charge in [-0.1, -0.05) is 33.1 Å². The van der Waals surface area contributed by atoms with Crippen molar-refractivity contribution in [3.05, 3.63) is 0 Å². The number of carbonyl (C=O) groups is 1. The zero-order valence-electron chi connectivity index (χ0n) is 10.7. The molecule has 1 aliphatic heterocycles. The molecular weight excluding hydrogens is 198 g/mol. The van der Waals surface area contributed by atoms with Crippen molar-refractivity contribution in [2.75, 3.05) is 19.6 Å². The molecule has 2 unspecified atom stereocenters. The molecule has 0 aromatic heterocycles.